The van der Waals surface area contributed by atoms with Crippen LogP contribution in [0.2, 0.25) is 0 Å². The molecule has 5 heteroatoms. The molecule has 5 atom stereocenters. The van der Waals surface area contributed by atoms with Crippen LogP contribution in [0.5, 0.6) is 0 Å². The van der Waals surface area contributed by atoms with Crippen LogP contribution in [-0.2, 0) is 23.8 Å². The van der Waals surface area contributed by atoms with E-state index in [2.05, 4.69) is 19.6 Å². The molecule has 0 radical (unpaired) electrons. The highest BCUT2D eigenvalue weighted by atomic mass is 16.6. The molecular weight excluding hydrogens is 332 g/mol. The molecule has 2 aliphatic heterocycles. The Morgan fingerprint density at radius 2 is 2.23 bits per heavy atom. The van der Waals surface area contributed by atoms with Gasteiger partial charge in [-0.25, -0.2) is 4.79 Å². The second-order valence-electron chi connectivity index (χ2n) is 7.87. The Balaban J connectivity index is 1.82. The van der Waals surface area contributed by atoms with Gasteiger partial charge in [0.25, 0.3) is 0 Å². The van der Waals surface area contributed by atoms with E-state index in [-0.39, 0.29) is 48.2 Å². The third kappa shape index (κ3) is 3.63. The molecule has 3 aliphatic rings. The summed E-state index contributed by atoms with van der Waals surface area (Å²) in [6.07, 6.45) is 5.65. The zero-order valence-corrected chi connectivity index (χ0v) is 16.0. The molecule has 2 heterocycles. The van der Waals surface area contributed by atoms with E-state index in [4.69, 9.17) is 14.2 Å². The normalized spacial score (nSPS) is 39.2. The molecule has 2 fully saturated rings. The Hall–Kier alpha value is -1.88. The maximum atomic E-state index is 12.3. The lowest BCUT2D eigenvalue weighted by Crippen LogP contribution is -2.33. The number of fused-ring (bicyclic) bond motifs is 3. The van der Waals surface area contributed by atoms with Crippen molar-refractivity contribution in [3.05, 3.63) is 35.5 Å². The molecule has 0 saturated carbocycles. The first-order valence-corrected chi connectivity index (χ1v) is 9.30. The Morgan fingerprint density at radius 1 is 1.50 bits per heavy atom. The lowest BCUT2D eigenvalue weighted by Gasteiger charge is -2.25. The van der Waals surface area contributed by atoms with Crippen molar-refractivity contribution in [2.24, 2.45) is 5.92 Å². The minimum absolute atomic E-state index is 0.107. The quantitative estimate of drug-likeness (QED) is 0.333. The highest BCUT2D eigenvalue weighted by molar-refractivity contribution is 5.91. The van der Waals surface area contributed by atoms with E-state index in [0.717, 1.165) is 24.0 Å². The van der Waals surface area contributed by atoms with Gasteiger partial charge in [-0.1, -0.05) is 24.3 Å². The molecule has 0 bridgehead atoms. The predicted molar refractivity (Wildman–Crippen MR) is 97.3 cm³/mol. The van der Waals surface area contributed by atoms with Crippen LogP contribution in [0.25, 0.3) is 0 Å². The summed E-state index contributed by atoms with van der Waals surface area (Å²) < 4.78 is 17.2. The number of epoxide rings is 1. The van der Waals surface area contributed by atoms with Crippen LogP contribution in [0, 0.1) is 5.92 Å². The van der Waals surface area contributed by atoms with Gasteiger partial charge in [-0.3, -0.25) is 4.79 Å². The minimum Gasteiger partial charge on any atom is -0.458 e. The van der Waals surface area contributed by atoms with Crippen molar-refractivity contribution in [2.45, 2.75) is 77.3 Å². The van der Waals surface area contributed by atoms with Crippen molar-refractivity contribution in [1.82, 2.24) is 0 Å². The fourth-order valence-electron chi connectivity index (χ4n) is 3.86. The van der Waals surface area contributed by atoms with E-state index in [9.17, 15) is 9.59 Å². The van der Waals surface area contributed by atoms with Crippen LogP contribution in [0.4, 0.5) is 0 Å². The smallest absolute Gasteiger partial charge is 0.334 e. The second-order valence-corrected chi connectivity index (χ2v) is 7.87. The molecule has 26 heavy (non-hydrogen) atoms. The van der Waals surface area contributed by atoms with Crippen LogP contribution < -0.4 is 0 Å². The summed E-state index contributed by atoms with van der Waals surface area (Å²) >= 11 is 0. The third-order valence-electron chi connectivity index (χ3n) is 5.86. The summed E-state index contributed by atoms with van der Waals surface area (Å²) in [7, 11) is 0. The first-order chi connectivity index (χ1) is 12.2. The fourth-order valence-corrected chi connectivity index (χ4v) is 3.86. The van der Waals surface area contributed by atoms with Crippen LogP contribution in [0.1, 0.15) is 53.4 Å². The molecule has 5 nitrogen and oxygen atoms in total. The van der Waals surface area contributed by atoms with E-state index in [1.165, 1.54) is 0 Å². The molecule has 0 N–H and O–H groups in total. The number of carbonyl (C=O) groups is 2. The summed E-state index contributed by atoms with van der Waals surface area (Å²) in [4.78, 5) is 24.4. The van der Waals surface area contributed by atoms with E-state index in [1.54, 1.807) is 0 Å². The van der Waals surface area contributed by atoms with Crippen molar-refractivity contribution in [3.8, 4) is 0 Å². The maximum absolute atomic E-state index is 12.3. The molecule has 0 aromatic carbocycles. The summed E-state index contributed by atoms with van der Waals surface area (Å²) in [5, 5.41) is 0. The van der Waals surface area contributed by atoms with Gasteiger partial charge < -0.3 is 14.2 Å². The van der Waals surface area contributed by atoms with Crippen LogP contribution in [0.15, 0.2) is 35.5 Å². The number of rotatable bonds is 3. The van der Waals surface area contributed by atoms with Gasteiger partial charge in [-0.2, -0.15) is 0 Å². The van der Waals surface area contributed by atoms with Crippen molar-refractivity contribution >= 4 is 11.9 Å². The zero-order valence-electron chi connectivity index (χ0n) is 16.0. The van der Waals surface area contributed by atoms with Gasteiger partial charge >= 0.3 is 11.9 Å². The van der Waals surface area contributed by atoms with Gasteiger partial charge in [0.2, 0.25) is 0 Å². The Bertz CT molecular complexity index is 689. The highest BCUT2D eigenvalue weighted by Crippen LogP contribution is 2.50. The lowest BCUT2D eigenvalue weighted by molar-refractivity contribution is -0.148. The number of hydrogen-bond donors (Lipinski definition) is 0. The largest absolute Gasteiger partial charge is 0.458 e. The zero-order chi connectivity index (χ0) is 19.1. The minimum atomic E-state index is -0.381. The standard InChI is InChI=1S/C21H28O5/c1-6-12(2)10-17(22)24-16-11-15-14(4)20(23)25-18(15)19-21(5,26-19)9-7-8-13(16)3/h6,8,15-16,18-19H,4,7,9-11H2,1-3,5H3/b12-6+,13-8-/t15-,16-,18-,19+,21+/m0/s1. The van der Waals surface area contributed by atoms with E-state index in [0.29, 0.717) is 12.0 Å². The maximum Gasteiger partial charge on any atom is 0.334 e. The first kappa shape index (κ1) is 18.9. The van der Waals surface area contributed by atoms with Gasteiger partial charge in [0, 0.05) is 11.5 Å². The number of carbonyl (C=O) groups excluding carboxylic acids is 2. The summed E-state index contributed by atoms with van der Waals surface area (Å²) in [5.74, 6) is -0.819. The Kier molecular flexibility index (Phi) is 5.11. The molecule has 0 aromatic rings. The van der Waals surface area contributed by atoms with Crippen molar-refractivity contribution in [2.75, 3.05) is 0 Å². The van der Waals surface area contributed by atoms with Gasteiger partial charge in [-0.05, 0) is 52.5 Å². The monoisotopic (exact) mass is 360 g/mol. The number of ether oxygens (including phenoxy) is 3. The molecule has 1 aliphatic carbocycles. The average Bonchev–Trinajstić information content (AvgIpc) is 3.17. The molecule has 0 aromatic heterocycles. The fraction of sp³-hybridized carbons (Fsp3) is 0.619. The summed E-state index contributed by atoms with van der Waals surface area (Å²) in [6.45, 7) is 11.8. The van der Waals surface area contributed by atoms with Crippen LogP contribution in [-0.4, -0.2) is 35.9 Å². The first-order valence-electron chi connectivity index (χ1n) is 9.30. The molecule has 0 unspecified atom stereocenters. The van der Waals surface area contributed by atoms with E-state index < -0.39 is 0 Å². The summed E-state index contributed by atoms with van der Waals surface area (Å²) in [6, 6.07) is 0. The Labute approximate surface area is 155 Å². The number of allylic oxidation sites excluding steroid dienone is 2. The van der Waals surface area contributed by atoms with Gasteiger partial charge in [0.15, 0.2) is 0 Å². The van der Waals surface area contributed by atoms with E-state index in [1.807, 2.05) is 26.8 Å². The number of esters is 2. The topological polar surface area (TPSA) is 65.1 Å². The molecule has 0 spiro atoms. The van der Waals surface area contributed by atoms with Gasteiger partial charge in [-0.15, -0.1) is 0 Å². The van der Waals surface area contributed by atoms with Crippen molar-refractivity contribution in [3.63, 3.8) is 0 Å². The van der Waals surface area contributed by atoms with Crippen LogP contribution >= 0.6 is 0 Å². The van der Waals surface area contributed by atoms with Crippen molar-refractivity contribution < 1.29 is 23.8 Å². The third-order valence-corrected chi connectivity index (χ3v) is 5.86. The molecule has 2 saturated heterocycles. The predicted octanol–water partition coefficient (Wildman–Crippen LogP) is 3.64. The van der Waals surface area contributed by atoms with Crippen LogP contribution in [0.3, 0.4) is 0 Å². The van der Waals surface area contributed by atoms with Gasteiger partial charge in [0.1, 0.15) is 18.3 Å². The van der Waals surface area contributed by atoms with Crippen molar-refractivity contribution in [1.29, 1.82) is 0 Å². The second kappa shape index (κ2) is 7.03. The summed E-state index contributed by atoms with van der Waals surface area (Å²) in [5.41, 5.74) is 2.18. The molecule has 0 amide bonds. The number of hydrogen-bond acceptors (Lipinski definition) is 5. The molecule has 142 valence electrons. The molecular formula is C21H28O5. The SMILES string of the molecule is C=C1C(=O)O[C@@H]2[C@H]3O[C@]3(C)CC/C=C(/C)[C@@H](OC(=O)C/C(C)=C/C)C[C@@H]12. The van der Waals surface area contributed by atoms with E-state index >= 15 is 0 Å². The lowest BCUT2D eigenvalue weighted by atomic mass is 9.83. The Morgan fingerprint density at radius 3 is 2.92 bits per heavy atom. The van der Waals surface area contributed by atoms with Gasteiger partial charge in [0.05, 0.1) is 12.0 Å². The average molecular weight is 360 g/mol. The highest BCUT2D eigenvalue weighted by Gasteiger charge is 2.61. The molecule has 3 rings (SSSR count).